The first kappa shape index (κ1) is 17.9. The number of carbonyl (C=O) groups is 2. The SMILES string of the molecule is CC(=O)c1ccc(Cn2cc(NC(=O)OCc3cccc(Br)c3)cn2)o1. The average Bonchev–Trinajstić information content (AvgIpc) is 3.23. The molecule has 2 heterocycles. The van der Waals surface area contributed by atoms with E-state index in [1.165, 1.54) is 13.1 Å². The number of rotatable bonds is 6. The van der Waals surface area contributed by atoms with Crippen LogP contribution in [-0.2, 0) is 17.9 Å². The Bertz CT molecular complexity index is 932. The molecule has 0 spiro atoms. The van der Waals surface area contributed by atoms with E-state index in [9.17, 15) is 9.59 Å². The molecule has 1 amide bonds. The van der Waals surface area contributed by atoms with Crippen LogP contribution in [0.1, 0.15) is 28.8 Å². The topological polar surface area (TPSA) is 86.4 Å². The number of hydrogen-bond donors (Lipinski definition) is 1. The molecule has 1 aromatic carbocycles. The minimum Gasteiger partial charge on any atom is -0.456 e. The van der Waals surface area contributed by atoms with Crippen LogP contribution in [0.2, 0.25) is 0 Å². The molecule has 0 bridgehead atoms. The maximum Gasteiger partial charge on any atom is 0.412 e. The highest BCUT2D eigenvalue weighted by molar-refractivity contribution is 9.10. The van der Waals surface area contributed by atoms with Crippen LogP contribution in [-0.4, -0.2) is 21.7 Å². The van der Waals surface area contributed by atoms with Crippen molar-refractivity contribution in [1.82, 2.24) is 9.78 Å². The Morgan fingerprint density at radius 3 is 2.88 bits per heavy atom. The predicted molar refractivity (Wildman–Crippen MR) is 98.0 cm³/mol. The number of hydrogen-bond acceptors (Lipinski definition) is 5. The molecule has 0 aliphatic heterocycles. The van der Waals surface area contributed by atoms with Gasteiger partial charge in [0.2, 0.25) is 0 Å². The fourth-order valence-corrected chi connectivity index (χ4v) is 2.70. The number of carbonyl (C=O) groups excluding carboxylic acids is 2. The number of benzene rings is 1. The number of aromatic nitrogens is 2. The summed E-state index contributed by atoms with van der Waals surface area (Å²) in [6, 6.07) is 10.9. The van der Waals surface area contributed by atoms with Gasteiger partial charge in [0.15, 0.2) is 11.5 Å². The second-order valence-corrected chi connectivity index (χ2v) is 6.50. The number of nitrogens with zero attached hydrogens (tertiary/aromatic N) is 2. The van der Waals surface area contributed by atoms with Gasteiger partial charge < -0.3 is 9.15 Å². The highest BCUT2D eigenvalue weighted by Crippen LogP contribution is 2.14. The summed E-state index contributed by atoms with van der Waals surface area (Å²) in [5.74, 6) is 0.774. The number of anilines is 1. The van der Waals surface area contributed by atoms with Crippen LogP contribution in [0.5, 0.6) is 0 Å². The minimum atomic E-state index is -0.568. The van der Waals surface area contributed by atoms with Crippen molar-refractivity contribution in [3.8, 4) is 0 Å². The van der Waals surface area contributed by atoms with Crippen molar-refractivity contribution in [3.63, 3.8) is 0 Å². The third kappa shape index (κ3) is 4.82. The van der Waals surface area contributed by atoms with Crippen LogP contribution in [0.25, 0.3) is 0 Å². The Balaban J connectivity index is 1.52. The van der Waals surface area contributed by atoms with Crippen molar-refractivity contribution in [2.45, 2.75) is 20.1 Å². The lowest BCUT2D eigenvalue weighted by Crippen LogP contribution is -2.13. The molecule has 0 unspecified atom stereocenters. The first-order chi connectivity index (χ1) is 12.5. The number of ether oxygens (including phenoxy) is 1. The van der Waals surface area contributed by atoms with Gasteiger partial charge in [-0.2, -0.15) is 5.10 Å². The zero-order valence-corrected chi connectivity index (χ0v) is 15.5. The van der Waals surface area contributed by atoms with Gasteiger partial charge in [0.1, 0.15) is 12.4 Å². The van der Waals surface area contributed by atoms with E-state index in [0.717, 1.165) is 10.0 Å². The highest BCUT2D eigenvalue weighted by Gasteiger charge is 2.09. The van der Waals surface area contributed by atoms with E-state index < -0.39 is 6.09 Å². The Morgan fingerprint density at radius 1 is 1.31 bits per heavy atom. The lowest BCUT2D eigenvalue weighted by molar-refractivity contribution is 0.0985. The summed E-state index contributed by atoms with van der Waals surface area (Å²) < 4.78 is 13.1. The number of amides is 1. The Labute approximate surface area is 158 Å². The summed E-state index contributed by atoms with van der Waals surface area (Å²) in [5, 5.41) is 6.76. The van der Waals surface area contributed by atoms with E-state index in [2.05, 4.69) is 26.3 Å². The molecule has 134 valence electrons. The van der Waals surface area contributed by atoms with Crippen LogP contribution >= 0.6 is 15.9 Å². The lowest BCUT2D eigenvalue weighted by Gasteiger charge is -2.05. The van der Waals surface area contributed by atoms with Gasteiger partial charge in [-0.05, 0) is 29.8 Å². The first-order valence-corrected chi connectivity index (χ1v) is 8.59. The number of nitrogens with one attached hydrogen (secondary N) is 1. The van der Waals surface area contributed by atoms with Crippen LogP contribution in [0, 0.1) is 0 Å². The van der Waals surface area contributed by atoms with Gasteiger partial charge in [-0.15, -0.1) is 0 Å². The van der Waals surface area contributed by atoms with Crippen molar-refractivity contribution in [3.05, 3.63) is 70.3 Å². The maximum atomic E-state index is 11.9. The first-order valence-electron chi connectivity index (χ1n) is 7.80. The van der Waals surface area contributed by atoms with Gasteiger partial charge in [-0.25, -0.2) is 4.79 Å². The molecule has 0 aliphatic rings. The molecule has 1 N–H and O–H groups in total. The number of Topliss-reactive ketones (excluding diaryl/α,β-unsaturated/α-hetero) is 1. The Kier molecular flexibility index (Phi) is 5.52. The zero-order chi connectivity index (χ0) is 18.5. The molecule has 0 saturated heterocycles. The molecule has 0 aliphatic carbocycles. The monoisotopic (exact) mass is 417 g/mol. The van der Waals surface area contributed by atoms with E-state index >= 15 is 0 Å². The summed E-state index contributed by atoms with van der Waals surface area (Å²) in [4.78, 5) is 23.1. The fraction of sp³-hybridized carbons (Fsp3) is 0.167. The summed E-state index contributed by atoms with van der Waals surface area (Å²) >= 11 is 3.37. The van der Waals surface area contributed by atoms with Crippen molar-refractivity contribution in [1.29, 1.82) is 0 Å². The Hall–Kier alpha value is -2.87. The van der Waals surface area contributed by atoms with E-state index in [1.807, 2.05) is 24.3 Å². The fourth-order valence-electron chi connectivity index (χ4n) is 2.26. The summed E-state index contributed by atoms with van der Waals surface area (Å²) in [5.41, 5.74) is 1.38. The molecule has 0 atom stereocenters. The molecular formula is C18H16BrN3O4. The minimum absolute atomic E-state index is 0.132. The quantitative estimate of drug-likeness (QED) is 0.606. The molecule has 0 fully saturated rings. The molecule has 3 aromatic rings. The van der Waals surface area contributed by atoms with Gasteiger partial charge in [0, 0.05) is 17.6 Å². The molecule has 0 saturated carbocycles. The van der Waals surface area contributed by atoms with Gasteiger partial charge in [0.05, 0.1) is 18.4 Å². The normalized spacial score (nSPS) is 10.5. The molecule has 8 heteroatoms. The summed E-state index contributed by atoms with van der Waals surface area (Å²) in [6.45, 7) is 1.96. The average molecular weight is 418 g/mol. The second-order valence-electron chi connectivity index (χ2n) is 5.58. The van der Waals surface area contributed by atoms with Gasteiger partial charge >= 0.3 is 6.09 Å². The predicted octanol–water partition coefficient (Wildman–Crippen LogP) is 4.24. The molecule has 26 heavy (non-hydrogen) atoms. The van der Waals surface area contributed by atoms with Crippen LogP contribution in [0.4, 0.5) is 10.5 Å². The molecular weight excluding hydrogens is 402 g/mol. The standard InChI is InChI=1S/C18H16BrN3O4/c1-12(23)17-6-5-16(26-17)10-22-9-15(8-20-22)21-18(24)25-11-13-3-2-4-14(19)7-13/h2-9H,10-11H2,1H3,(H,21,24). The van der Waals surface area contributed by atoms with Crippen LogP contribution in [0.3, 0.4) is 0 Å². The van der Waals surface area contributed by atoms with Crippen molar-refractivity contribution < 1.29 is 18.7 Å². The van der Waals surface area contributed by atoms with Crippen LogP contribution in [0.15, 0.2) is 57.7 Å². The number of ketones is 1. The number of furan rings is 1. The summed E-state index contributed by atoms with van der Waals surface area (Å²) in [6.07, 6.45) is 2.59. The van der Waals surface area contributed by atoms with Gasteiger partial charge in [-0.1, -0.05) is 28.1 Å². The van der Waals surface area contributed by atoms with E-state index in [-0.39, 0.29) is 12.4 Å². The van der Waals surface area contributed by atoms with Crippen molar-refractivity contribution >= 4 is 33.5 Å². The molecule has 0 radical (unpaired) electrons. The third-order valence-corrected chi connectivity index (χ3v) is 3.96. The van der Waals surface area contributed by atoms with E-state index in [0.29, 0.717) is 23.8 Å². The lowest BCUT2D eigenvalue weighted by atomic mass is 10.2. The third-order valence-electron chi connectivity index (χ3n) is 3.47. The smallest absolute Gasteiger partial charge is 0.412 e. The van der Waals surface area contributed by atoms with Crippen molar-refractivity contribution in [2.75, 3.05) is 5.32 Å². The van der Waals surface area contributed by atoms with Crippen LogP contribution < -0.4 is 5.32 Å². The highest BCUT2D eigenvalue weighted by atomic mass is 79.9. The van der Waals surface area contributed by atoms with Gasteiger partial charge in [0.25, 0.3) is 0 Å². The largest absolute Gasteiger partial charge is 0.456 e. The zero-order valence-electron chi connectivity index (χ0n) is 13.9. The van der Waals surface area contributed by atoms with E-state index in [1.54, 1.807) is 23.0 Å². The summed E-state index contributed by atoms with van der Waals surface area (Å²) in [7, 11) is 0. The maximum absolute atomic E-state index is 11.9. The second kappa shape index (κ2) is 8.01. The van der Waals surface area contributed by atoms with Crippen molar-refractivity contribution in [2.24, 2.45) is 0 Å². The molecule has 3 rings (SSSR count). The molecule has 7 nitrogen and oxygen atoms in total. The Morgan fingerprint density at radius 2 is 2.15 bits per heavy atom. The van der Waals surface area contributed by atoms with E-state index in [4.69, 9.17) is 9.15 Å². The molecule has 2 aromatic heterocycles. The van der Waals surface area contributed by atoms with Gasteiger partial charge in [-0.3, -0.25) is 14.8 Å². The number of halogens is 1.